The maximum absolute atomic E-state index is 14.0. The number of benzene rings is 4. The van der Waals surface area contributed by atoms with Crippen molar-refractivity contribution >= 4 is 79.1 Å². The second kappa shape index (κ2) is 11.3. The van der Waals surface area contributed by atoms with E-state index in [0.717, 1.165) is 49.4 Å². The van der Waals surface area contributed by atoms with Crippen molar-refractivity contribution in [3.63, 3.8) is 0 Å². The molecule has 49 heavy (non-hydrogen) atoms. The zero-order valence-corrected chi connectivity index (χ0v) is 27.9. The van der Waals surface area contributed by atoms with Crippen LogP contribution in [0.1, 0.15) is 58.8 Å². The molecule has 0 aliphatic carbocycles. The minimum absolute atomic E-state index is 0.0724. The van der Waals surface area contributed by atoms with Crippen LogP contribution >= 0.6 is 11.6 Å². The van der Waals surface area contributed by atoms with E-state index in [2.05, 4.69) is 15.3 Å². The van der Waals surface area contributed by atoms with E-state index in [1.165, 1.54) is 0 Å². The number of nitrogens with zero attached hydrogens (tertiary/aromatic N) is 2. The summed E-state index contributed by atoms with van der Waals surface area (Å²) < 4.78 is 5.35. The lowest BCUT2D eigenvalue weighted by Crippen LogP contribution is -2.30. The lowest BCUT2D eigenvalue weighted by Gasteiger charge is -2.19. The lowest BCUT2D eigenvalue weighted by molar-refractivity contribution is 0.0635. The lowest BCUT2D eigenvalue weighted by atomic mass is 9.95. The number of alkyl halides is 1. The highest BCUT2D eigenvalue weighted by Crippen LogP contribution is 2.46. The second-order valence-electron chi connectivity index (χ2n) is 13.7. The van der Waals surface area contributed by atoms with Crippen LogP contribution < -0.4 is 15.1 Å². The molecule has 4 heterocycles. The Balaban J connectivity index is 1.06. The standard InChI is InChI=1S/C38H34ClN5O5/c1-38(2,3)49-37(48)40-22-8-9-27-20(14-22)15-29(41-27)35(46)43-13-12-23-26-16-30(42-28(26)10-11-31(23)43)36(47)44-19-21(18-39)34-25-7-5-4-6-24(25)33(45)17-32(34)44/h4-11,14-17,21,41-42,45H,12-13,18-19H2,1-3H3,(H,40,48)/t21-/m0/s1. The third-order valence-electron chi connectivity index (χ3n) is 9.31. The zero-order chi connectivity index (χ0) is 34.2. The van der Waals surface area contributed by atoms with Crippen molar-refractivity contribution in [2.75, 3.05) is 34.1 Å². The first-order chi connectivity index (χ1) is 23.5. The minimum Gasteiger partial charge on any atom is -0.507 e. The van der Waals surface area contributed by atoms with Gasteiger partial charge < -0.3 is 29.6 Å². The number of halogens is 1. The van der Waals surface area contributed by atoms with Crippen LogP contribution in [0.4, 0.5) is 21.9 Å². The van der Waals surface area contributed by atoms with E-state index >= 15 is 0 Å². The van der Waals surface area contributed by atoms with Gasteiger partial charge in [0.15, 0.2) is 0 Å². The summed E-state index contributed by atoms with van der Waals surface area (Å²) in [5.41, 5.74) is 5.79. The summed E-state index contributed by atoms with van der Waals surface area (Å²) in [6, 6.07) is 22.1. The molecule has 0 bridgehead atoms. The van der Waals surface area contributed by atoms with Crippen molar-refractivity contribution in [3.05, 3.63) is 95.3 Å². The number of phenolic OH excluding ortho intramolecular Hbond substituents is 1. The van der Waals surface area contributed by atoms with Crippen LogP contribution in [0.5, 0.6) is 5.75 Å². The van der Waals surface area contributed by atoms with Crippen molar-refractivity contribution in [2.24, 2.45) is 0 Å². The topological polar surface area (TPSA) is 131 Å². The number of hydrogen-bond donors (Lipinski definition) is 4. The fraction of sp³-hybridized carbons (Fsp3) is 0.237. The van der Waals surface area contributed by atoms with Crippen molar-refractivity contribution in [1.29, 1.82) is 0 Å². The third-order valence-corrected chi connectivity index (χ3v) is 9.69. The molecule has 10 nitrogen and oxygen atoms in total. The number of ether oxygens (including phenoxy) is 1. The summed E-state index contributed by atoms with van der Waals surface area (Å²) in [5.74, 6) is 0.00995. The van der Waals surface area contributed by atoms with Gasteiger partial charge in [0.2, 0.25) is 0 Å². The molecule has 6 aromatic rings. The van der Waals surface area contributed by atoms with E-state index in [9.17, 15) is 19.5 Å². The molecule has 11 heteroatoms. The van der Waals surface area contributed by atoms with Gasteiger partial charge in [-0.3, -0.25) is 14.9 Å². The molecule has 0 unspecified atom stereocenters. The van der Waals surface area contributed by atoms with E-state index in [0.29, 0.717) is 48.2 Å². The van der Waals surface area contributed by atoms with Crippen LogP contribution in [0.3, 0.4) is 0 Å². The largest absolute Gasteiger partial charge is 0.507 e. The number of carbonyl (C=O) groups is 3. The maximum Gasteiger partial charge on any atom is 0.412 e. The average Bonchev–Trinajstić information content (AvgIpc) is 3.86. The fourth-order valence-corrected chi connectivity index (χ4v) is 7.47. The molecular formula is C38H34ClN5O5. The first kappa shape index (κ1) is 30.8. The van der Waals surface area contributed by atoms with Crippen LogP contribution in [0.25, 0.3) is 32.6 Å². The van der Waals surface area contributed by atoms with Gasteiger partial charge in [-0.15, -0.1) is 11.6 Å². The van der Waals surface area contributed by atoms with Crippen molar-refractivity contribution in [1.82, 2.24) is 9.97 Å². The normalized spacial score (nSPS) is 15.6. The number of nitrogens with one attached hydrogen (secondary N) is 3. The first-order valence-electron chi connectivity index (χ1n) is 16.2. The number of hydrogen-bond acceptors (Lipinski definition) is 5. The number of phenols is 1. The molecule has 4 N–H and O–H groups in total. The van der Waals surface area contributed by atoms with Crippen LogP contribution in [-0.2, 0) is 11.2 Å². The molecule has 0 spiro atoms. The summed E-state index contributed by atoms with van der Waals surface area (Å²) in [6.45, 7) is 6.30. The van der Waals surface area contributed by atoms with E-state index in [1.54, 1.807) is 54.8 Å². The highest BCUT2D eigenvalue weighted by Gasteiger charge is 2.36. The van der Waals surface area contributed by atoms with E-state index in [4.69, 9.17) is 16.3 Å². The number of aromatic nitrogens is 2. The average molecular weight is 676 g/mol. The Morgan fingerprint density at radius 2 is 1.59 bits per heavy atom. The SMILES string of the molecule is CC(C)(C)OC(=O)Nc1ccc2[nH]c(C(=O)N3CCc4c3ccc3[nH]c(C(=O)N5C[C@H](CCl)c6c5cc(O)c5ccccc65)cc43)cc2c1. The molecule has 0 radical (unpaired) electrons. The molecular weight excluding hydrogens is 642 g/mol. The molecule has 8 rings (SSSR count). The molecule has 0 fully saturated rings. The monoisotopic (exact) mass is 675 g/mol. The summed E-state index contributed by atoms with van der Waals surface area (Å²) in [7, 11) is 0. The van der Waals surface area contributed by atoms with Gasteiger partial charge in [0.05, 0.1) is 5.69 Å². The van der Waals surface area contributed by atoms with Gasteiger partial charge in [-0.2, -0.15) is 0 Å². The zero-order valence-electron chi connectivity index (χ0n) is 27.2. The minimum atomic E-state index is -0.619. The number of rotatable bonds is 4. The Morgan fingerprint density at radius 3 is 2.37 bits per heavy atom. The summed E-state index contributed by atoms with van der Waals surface area (Å²) >= 11 is 6.41. The van der Waals surface area contributed by atoms with Crippen molar-refractivity contribution < 1.29 is 24.2 Å². The molecule has 0 saturated heterocycles. The molecule has 1 atom stereocenters. The molecule has 2 aliphatic rings. The van der Waals surface area contributed by atoms with E-state index < -0.39 is 11.7 Å². The van der Waals surface area contributed by atoms with Crippen LogP contribution in [0.15, 0.2) is 72.8 Å². The number of anilines is 3. The Morgan fingerprint density at radius 1 is 0.878 bits per heavy atom. The van der Waals surface area contributed by atoms with Crippen molar-refractivity contribution in [2.45, 2.75) is 38.7 Å². The van der Waals surface area contributed by atoms with Gasteiger partial charge in [-0.25, -0.2) is 4.79 Å². The molecule has 4 aromatic carbocycles. The number of amides is 3. The van der Waals surface area contributed by atoms with Gasteiger partial charge in [-0.1, -0.05) is 24.3 Å². The van der Waals surface area contributed by atoms with Gasteiger partial charge in [0.1, 0.15) is 22.7 Å². The predicted molar refractivity (Wildman–Crippen MR) is 193 cm³/mol. The third kappa shape index (κ3) is 5.23. The number of aromatic hydroxyl groups is 1. The van der Waals surface area contributed by atoms with Crippen molar-refractivity contribution in [3.8, 4) is 5.75 Å². The second-order valence-corrected chi connectivity index (χ2v) is 14.0. The Labute approximate surface area is 286 Å². The van der Waals surface area contributed by atoms with E-state index in [-0.39, 0.29) is 23.5 Å². The van der Waals surface area contributed by atoms with Gasteiger partial charge >= 0.3 is 6.09 Å². The maximum atomic E-state index is 14.0. The molecule has 3 amide bonds. The number of carbonyl (C=O) groups excluding carboxylic acids is 3. The van der Waals surface area contributed by atoms with Gasteiger partial charge in [-0.05, 0) is 86.2 Å². The quantitative estimate of drug-likeness (QED) is 0.141. The fourth-order valence-electron chi connectivity index (χ4n) is 7.22. The Bertz CT molecular complexity index is 2350. The molecule has 2 aliphatic heterocycles. The molecule has 2 aromatic heterocycles. The molecule has 0 saturated carbocycles. The van der Waals surface area contributed by atoms with Gasteiger partial charge in [0, 0.05) is 69.5 Å². The summed E-state index contributed by atoms with van der Waals surface area (Å²) in [4.78, 5) is 50.1. The van der Waals surface area contributed by atoms with Crippen LogP contribution in [-0.4, -0.2) is 57.6 Å². The predicted octanol–water partition coefficient (Wildman–Crippen LogP) is 8.04. The van der Waals surface area contributed by atoms with Gasteiger partial charge in [0.25, 0.3) is 11.8 Å². The Hall–Kier alpha value is -5.48. The van der Waals surface area contributed by atoms with Crippen LogP contribution in [0.2, 0.25) is 0 Å². The number of fused-ring (bicyclic) bond motifs is 7. The van der Waals surface area contributed by atoms with E-state index in [1.807, 2.05) is 48.5 Å². The Kier molecular flexibility index (Phi) is 7.11. The smallest absolute Gasteiger partial charge is 0.412 e. The summed E-state index contributed by atoms with van der Waals surface area (Å²) in [5, 5.41) is 16.9. The van der Waals surface area contributed by atoms with Crippen LogP contribution in [0, 0.1) is 0 Å². The highest BCUT2D eigenvalue weighted by molar-refractivity contribution is 6.19. The first-order valence-corrected chi connectivity index (χ1v) is 16.7. The number of aromatic amines is 2. The number of H-pyrrole nitrogens is 2. The molecule has 248 valence electrons. The summed E-state index contributed by atoms with van der Waals surface area (Å²) in [6.07, 6.45) is 0.0837. The highest BCUT2D eigenvalue weighted by atomic mass is 35.5.